The van der Waals surface area contributed by atoms with Crippen molar-refractivity contribution in [1.82, 2.24) is 52.7 Å². The van der Waals surface area contributed by atoms with E-state index in [1.54, 1.807) is 136 Å². The normalized spacial score (nSPS) is 11.2. The zero-order valence-electron chi connectivity index (χ0n) is 50.5. The number of rotatable bonds is 10. The summed E-state index contributed by atoms with van der Waals surface area (Å²) in [6.07, 6.45) is 9.57. The molecule has 0 fully saturated rings. The van der Waals surface area contributed by atoms with Crippen molar-refractivity contribution in [3.05, 3.63) is 295 Å². The summed E-state index contributed by atoms with van der Waals surface area (Å²) in [5.41, 5.74) is 4.68. The predicted octanol–water partition coefficient (Wildman–Crippen LogP) is 15.2. The lowest BCUT2D eigenvalue weighted by atomic mass is 10.1. The molecule has 0 aliphatic rings. The summed E-state index contributed by atoms with van der Waals surface area (Å²) in [6, 6.07) is 46.0. The summed E-state index contributed by atoms with van der Waals surface area (Å²) in [7, 11) is 0. The van der Waals surface area contributed by atoms with E-state index in [0.717, 1.165) is 74.9 Å². The number of carbonyl (C=O) groups is 5. The highest BCUT2D eigenvalue weighted by atomic mass is 19.4. The number of nitrogens with zero attached hydrogens (tertiary/aromatic N) is 11. The average molecular weight is 1350 g/mol. The summed E-state index contributed by atoms with van der Waals surface area (Å²) < 4.78 is 96.8. The third-order valence-corrected chi connectivity index (χ3v) is 15.0. The van der Waals surface area contributed by atoms with Crippen molar-refractivity contribution in [3.63, 3.8) is 0 Å². The molecule has 10 heterocycles. The van der Waals surface area contributed by atoms with E-state index in [1.165, 1.54) is 54.9 Å². The molecule has 0 radical (unpaired) electrons. The van der Waals surface area contributed by atoms with Crippen LogP contribution in [-0.2, 0) is 12.4 Å². The first-order valence-corrected chi connectivity index (χ1v) is 29.0. The lowest BCUT2D eigenvalue weighted by molar-refractivity contribution is -0.141. The summed E-state index contributed by atoms with van der Waals surface area (Å²) in [5.74, 6) is -3.55. The number of aromatic nitrogens is 11. The second kappa shape index (κ2) is 28.1. The molecule has 0 unspecified atom stereocenters. The van der Waals surface area contributed by atoms with Gasteiger partial charge in [0.05, 0.1) is 97.1 Å². The Hall–Kier alpha value is -13.7. The van der Waals surface area contributed by atoms with E-state index in [-0.39, 0.29) is 22.3 Å². The standard InChI is InChI=1S/2C15H9F3N2O2.C14H9FN2O2.C14H10N2O2.C13H9N3O2/c16-15(17,18)13-4-2-11(8-19-13)20-6-5-9-7-10(14(21)22)1-3-12(9)20;16-15(17,18)11-2-4-13(19-8-11)20-6-5-9-7-10(14(21)22)1-3-12(9)20;15-11-2-4-13(16-8-11)17-6-5-9-7-10(14(18)19)1-3-12(9)17;17-14(18)11-4-5-12-10(9-11)6-8-16(12)13-3-1-2-7-15-13;17-13(18)10-1-2-12-9(5-10)3-4-16(12)11-6-14-8-15-7-11/h2*1-8H,(H,21,22);1-8H,(H,18,19);1-9H,(H,17,18);1-8H,(H,17,18). The first-order valence-electron chi connectivity index (χ1n) is 29.0. The molecule has 99 heavy (non-hydrogen) atoms. The number of fused-ring (bicyclic) bond motifs is 5. The Kier molecular flexibility index (Phi) is 19.0. The van der Waals surface area contributed by atoms with E-state index in [2.05, 4.69) is 29.9 Å². The molecule has 0 saturated heterocycles. The van der Waals surface area contributed by atoms with Gasteiger partial charge < -0.3 is 48.4 Å². The van der Waals surface area contributed by atoms with Crippen LogP contribution in [0.4, 0.5) is 30.7 Å². The highest BCUT2D eigenvalue weighted by Crippen LogP contribution is 2.32. The van der Waals surface area contributed by atoms with Gasteiger partial charge in [-0.3, -0.25) is 0 Å². The molecule has 5 aromatic carbocycles. The largest absolute Gasteiger partial charge is 0.478 e. The number of hydrogen-bond donors (Lipinski definition) is 5. The maximum atomic E-state index is 12.8. The third-order valence-electron chi connectivity index (χ3n) is 15.0. The molecular formula is C71H46F7N11O10. The van der Waals surface area contributed by atoms with Gasteiger partial charge in [0.25, 0.3) is 0 Å². The fourth-order valence-corrected chi connectivity index (χ4v) is 10.2. The van der Waals surface area contributed by atoms with E-state index < -0.39 is 59.3 Å². The molecule has 0 amide bonds. The van der Waals surface area contributed by atoms with Crippen LogP contribution in [0.3, 0.4) is 0 Å². The first-order chi connectivity index (χ1) is 47.4. The van der Waals surface area contributed by atoms with Crippen LogP contribution in [0.2, 0.25) is 0 Å². The number of pyridine rings is 4. The number of carboxylic acids is 5. The van der Waals surface area contributed by atoms with Crippen LogP contribution >= 0.6 is 0 Å². The Balaban J connectivity index is 0.000000125. The van der Waals surface area contributed by atoms with Crippen LogP contribution in [0.15, 0.2) is 250 Å². The molecule has 0 spiro atoms. The Morgan fingerprint density at radius 3 is 1.03 bits per heavy atom. The van der Waals surface area contributed by atoms with E-state index in [9.17, 15) is 54.7 Å². The number of halogens is 7. The van der Waals surface area contributed by atoms with Gasteiger partial charge in [0.2, 0.25) is 0 Å². The molecule has 0 saturated carbocycles. The quantitative estimate of drug-likeness (QED) is 0.0795. The SMILES string of the molecule is O=C(O)c1ccc2c(ccn2-c2ccc(C(F)(F)F)cn2)c1.O=C(O)c1ccc2c(ccn2-c2ccc(C(F)(F)F)nc2)c1.O=C(O)c1ccc2c(ccn2-c2ccc(F)cn2)c1.O=C(O)c1ccc2c(ccn2-c2ccccn2)c1.O=C(O)c1ccc2c(ccn2-c2cncnc2)c1. The molecule has 5 N–H and O–H groups in total. The predicted molar refractivity (Wildman–Crippen MR) is 348 cm³/mol. The Bertz CT molecular complexity index is 5210. The van der Waals surface area contributed by atoms with Gasteiger partial charge in [0.1, 0.15) is 35.3 Å². The van der Waals surface area contributed by atoms with Gasteiger partial charge in [-0.25, -0.2) is 58.3 Å². The van der Waals surface area contributed by atoms with Crippen molar-refractivity contribution in [1.29, 1.82) is 0 Å². The molecule has 0 aliphatic heterocycles. The zero-order valence-corrected chi connectivity index (χ0v) is 50.5. The van der Waals surface area contributed by atoms with Gasteiger partial charge in [0, 0.05) is 70.3 Å². The molecule has 494 valence electrons. The summed E-state index contributed by atoms with van der Waals surface area (Å²) in [5, 5.41) is 48.6. The van der Waals surface area contributed by atoms with Crippen LogP contribution in [0.1, 0.15) is 63.0 Å². The summed E-state index contributed by atoms with van der Waals surface area (Å²) in [6.45, 7) is 0. The van der Waals surface area contributed by atoms with Crippen LogP contribution in [0.5, 0.6) is 0 Å². The minimum absolute atomic E-state index is 0.144. The van der Waals surface area contributed by atoms with Crippen molar-refractivity contribution < 1.29 is 80.2 Å². The van der Waals surface area contributed by atoms with E-state index in [1.807, 2.05) is 51.9 Å². The maximum absolute atomic E-state index is 12.8. The van der Waals surface area contributed by atoms with Gasteiger partial charge >= 0.3 is 42.2 Å². The first kappa shape index (κ1) is 66.8. The summed E-state index contributed by atoms with van der Waals surface area (Å²) in [4.78, 5) is 78.0. The van der Waals surface area contributed by atoms with Crippen molar-refractivity contribution in [2.45, 2.75) is 12.4 Å². The minimum Gasteiger partial charge on any atom is -0.478 e. The Morgan fingerprint density at radius 1 is 0.333 bits per heavy atom. The molecular weight excluding hydrogens is 1300 g/mol. The van der Waals surface area contributed by atoms with Crippen LogP contribution in [-0.4, -0.2) is 108 Å². The fraction of sp³-hybridized carbons (Fsp3) is 0.0282. The third kappa shape index (κ3) is 15.1. The number of benzene rings is 5. The van der Waals surface area contributed by atoms with Crippen molar-refractivity contribution in [3.8, 4) is 28.8 Å². The average Bonchev–Trinajstić information content (AvgIpc) is 1.65. The minimum atomic E-state index is -4.48. The molecule has 15 rings (SSSR count). The lowest BCUT2D eigenvalue weighted by Crippen LogP contribution is -2.08. The second-order valence-corrected chi connectivity index (χ2v) is 21.2. The number of carboxylic acid groups (broad SMARTS) is 5. The van der Waals surface area contributed by atoms with Crippen molar-refractivity contribution >= 4 is 84.4 Å². The van der Waals surface area contributed by atoms with E-state index in [4.69, 9.17) is 25.5 Å². The lowest BCUT2D eigenvalue weighted by Gasteiger charge is -2.08. The molecule has 28 heteroatoms. The van der Waals surface area contributed by atoms with Crippen LogP contribution in [0, 0.1) is 5.82 Å². The maximum Gasteiger partial charge on any atom is 0.433 e. The molecule has 0 aliphatic carbocycles. The van der Waals surface area contributed by atoms with Gasteiger partial charge in [0.15, 0.2) is 0 Å². The number of hydrogen-bond acceptors (Lipinski definition) is 11. The van der Waals surface area contributed by atoms with Gasteiger partial charge in [-0.1, -0.05) is 6.07 Å². The molecule has 10 aromatic heterocycles. The number of alkyl halides is 6. The fourth-order valence-electron chi connectivity index (χ4n) is 10.2. The van der Waals surface area contributed by atoms with Gasteiger partial charge in [-0.15, -0.1) is 0 Å². The molecule has 21 nitrogen and oxygen atoms in total. The van der Waals surface area contributed by atoms with Crippen LogP contribution in [0.25, 0.3) is 83.3 Å². The van der Waals surface area contributed by atoms with Gasteiger partial charge in [-0.05, 0) is 170 Å². The molecule has 0 bridgehead atoms. The number of aromatic carboxylic acids is 5. The van der Waals surface area contributed by atoms with Crippen LogP contribution < -0.4 is 0 Å². The Labute approximate surface area is 551 Å². The Morgan fingerprint density at radius 2 is 0.707 bits per heavy atom. The van der Waals surface area contributed by atoms with Gasteiger partial charge in [-0.2, -0.15) is 26.3 Å². The van der Waals surface area contributed by atoms with E-state index in [0.29, 0.717) is 44.7 Å². The second-order valence-electron chi connectivity index (χ2n) is 21.2. The monoisotopic (exact) mass is 1350 g/mol. The topological polar surface area (TPSA) is 288 Å². The highest BCUT2D eigenvalue weighted by Gasteiger charge is 2.32. The molecule has 15 aromatic rings. The zero-order chi connectivity index (χ0) is 70.3. The highest BCUT2D eigenvalue weighted by molar-refractivity contribution is 5.97. The van der Waals surface area contributed by atoms with Crippen molar-refractivity contribution in [2.24, 2.45) is 0 Å². The summed E-state index contributed by atoms with van der Waals surface area (Å²) >= 11 is 0. The van der Waals surface area contributed by atoms with E-state index >= 15 is 0 Å². The van der Waals surface area contributed by atoms with Crippen molar-refractivity contribution in [2.75, 3.05) is 0 Å². The molecule has 0 atom stereocenters. The smallest absolute Gasteiger partial charge is 0.433 e.